The molecule has 118 valence electrons. The van der Waals surface area contributed by atoms with E-state index in [9.17, 15) is 9.59 Å². The average molecular weight is 327 g/mol. The number of carbonyl (C=O) groups is 2. The molecular formula is C17H17N3O2S. The summed E-state index contributed by atoms with van der Waals surface area (Å²) in [6, 6.07) is 7.93. The van der Waals surface area contributed by atoms with Crippen molar-refractivity contribution >= 4 is 46.1 Å². The number of aryl methyl sites for hydroxylation is 1. The first-order valence-electron chi connectivity index (χ1n) is 7.53. The molecule has 0 unspecified atom stereocenters. The van der Waals surface area contributed by atoms with Gasteiger partial charge in [-0.15, -0.1) is 0 Å². The zero-order valence-electron chi connectivity index (χ0n) is 13.0. The van der Waals surface area contributed by atoms with Gasteiger partial charge in [0.2, 0.25) is 0 Å². The Morgan fingerprint density at radius 2 is 1.91 bits per heavy atom. The molecule has 0 saturated carbocycles. The minimum Gasteiger partial charge on any atom is -0.347 e. The SMILES string of the molecule is CCN1C(=O)C(=Cc2cn(CC)c3ccccc23)C(=O)NC1=S. The summed E-state index contributed by atoms with van der Waals surface area (Å²) < 4.78 is 2.09. The van der Waals surface area contributed by atoms with Crippen LogP contribution < -0.4 is 5.32 Å². The standard InChI is InChI=1S/C17H17N3O2S/c1-3-19-10-11(12-7-5-6-8-14(12)19)9-13-15(21)18-17(23)20(4-2)16(13)22/h5-10H,3-4H2,1-2H3,(H,18,21,23). The van der Waals surface area contributed by atoms with Crippen LogP contribution >= 0.6 is 12.2 Å². The molecule has 2 heterocycles. The van der Waals surface area contributed by atoms with Crippen molar-refractivity contribution in [3.05, 3.63) is 41.6 Å². The molecule has 2 aromatic rings. The van der Waals surface area contributed by atoms with Crippen LogP contribution in [0, 0.1) is 0 Å². The number of amides is 2. The average Bonchev–Trinajstić information content (AvgIpc) is 2.90. The molecule has 0 aliphatic carbocycles. The van der Waals surface area contributed by atoms with Crippen LogP contribution in [0.2, 0.25) is 0 Å². The van der Waals surface area contributed by atoms with Crippen LogP contribution in [0.4, 0.5) is 0 Å². The van der Waals surface area contributed by atoms with Crippen LogP contribution in [0.5, 0.6) is 0 Å². The van der Waals surface area contributed by atoms with Gasteiger partial charge in [-0.2, -0.15) is 0 Å². The van der Waals surface area contributed by atoms with Gasteiger partial charge in [0.15, 0.2) is 5.11 Å². The van der Waals surface area contributed by atoms with E-state index in [4.69, 9.17) is 12.2 Å². The number of rotatable bonds is 3. The molecular weight excluding hydrogens is 310 g/mol. The van der Waals surface area contributed by atoms with Gasteiger partial charge < -0.3 is 4.57 Å². The number of likely N-dealkylation sites (N-methyl/N-ethyl adjacent to an activating group) is 1. The number of para-hydroxylation sites is 1. The monoisotopic (exact) mass is 327 g/mol. The maximum atomic E-state index is 12.5. The molecule has 0 spiro atoms. The molecule has 1 N–H and O–H groups in total. The lowest BCUT2D eigenvalue weighted by Gasteiger charge is -2.27. The first kappa shape index (κ1) is 15.4. The van der Waals surface area contributed by atoms with E-state index in [1.807, 2.05) is 37.4 Å². The Balaban J connectivity index is 2.12. The van der Waals surface area contributed by atoms with Crippen LogP contribution in [0.3, 0.4) is 0 Å². The molecule has 1 aromatic carbocycles. The van der Waals surface area contributed by atoms with Gasteiger partial charge in [0.25, 0.3) is 11.8 Å². The second-order valence-electron chi connectivity index (χ2n) is 5.25. The third-order valence-electron chi connectivity index (χ3n) is 3.96. The van der Waals surface area contributed by atoms with E-state index >= 15 is 0 Å². The Kier molecular flexibility index (Phi) is 4.00. The maximum Gasteiger partial charge on any atom is 0.265 e. The summed E-state index contributed by atoms with van der Waals surface area (Å²) in [6.45, 7) is 5.11. The van der Waals surface area contributed by atoms with Crippen LogP contribution in [0.25, 0.3) is 17.0 Å². The number of nitrogens with zero attached hydrogens (tertiary/aromatic N) is 2. The zero-order valence-corrected chi connectivity index (χ0v) is 13.8. The van der Waals surface area contributed by atoms with Gasteiger partial charge in [-0.1, -0.05) is 18.2 Å². The molecule has 1 aromatic heterocycles. The van der Waals surface area contributed by atoms with Gasteiger partial charge in [-0.05, 0) is 38.2 Å². The van der Waals surface area contributed by atoms with Crippen molar-refractivity contribution in [1.82, 2.24) is 14.8 Å². The van der Waals surface area contributed by atoms with Gasteiger partial charge in [0.05, 0.1) is 0 Å². The summed E-state index contributed by atoms with van der Waals surface area (Å²) in [5, 5.41) is 3.75. The number of carbonyl (C=O) groups excluding carboxylic acids is 2. The predicted octanol–water partition coefficient (Wildman–Crippen LogP) is 2.31. The van der Waals surface area contributed by atoms with Crippen LogP contribution in [-0.4, -0.2) is 32.9 Å². The van der Waals surface area contributed by atoms with Gasteiger partial charge >= 0.3 is 0 Å². The molecule has 0 atom stereocenters. The highest BCUT2D eigenvalue weighted by molar-refractivity contribution is 7.80. The molecule has 23 heavy (non-hydrogen) atoms. The fourth-order valence-corrected chi connectivity index (χ4v) is 3.09. The number of thiocarbonyl (C=S) groups is 1. The number of benzene rings is 1. The normalized spacial score (nSPS) is 17.2. The van der Waals surface area contributed by atoms with Crippen molar-refractivity contribution in [3.63, 3.8) is 0 Å². The van der Waals surface area contributed by atoms with E-state index in [1.165, 1.54) is 4.90 Å². The molecule has 2 amide bonds. The van der Waals surface area contributed by atoms with E-state index in [-0.39, 0.29) is 16.6 Å². The quantitative estimate of drug-likeness (QED) is 0.535. The molecule has 0 radical (unpaired) electrons. The molecule has 3 rings (SSSR count). The highest BCUT2D eigenvalue weighted by Crippen LogP contribution is 2.24. The maximum absolute atomic E-state index is 12.5. The van der Waals surface area contributed by atoms with Crippen LogP contribution in [0.1, 0.15) is 19.4 Å². The number of hydrogen-bond donors (Lipinski definition) is 1. The molecule has 6 heteroatoms. The fraction of sp³-hybridized carbons (Fsp3) is 0.235. The van der Waals surface area contributed by atoms with E-state index in [0.717, 1.165) is 23.0 Å². The van der Waals surface area contributed by atoms with Crippen molar-refractivity contribution < 1.29 is 9.59 Å². The summed E-state index contributed by atoms with van der Waals surface area (Å²) in [6.07, 6.45) is 3.61. The highest BCUT2D eigenvalue weighted by atomic mass is 32.1. The van der Waals surface area contributed by atoms with Crippen molar-refractivity contribution in [2.45, 2.75) is 20.4 Å². The smallest absolute Gasteiger partial charge is 0.265 e. The second-order valence-corrected chi connectivity index (χ2v) is 5.64. The molecule has 5 nitrogen and oxygen atoms in total. The number of nitrogens with one attached hydrogen (secondary N) is 1. The van der Waals surface area contributed by atoms with Gasteiger partial charge in [0.1, 0.15) is 5.57 Å². The number of fused-ring (bicyclic) bond motifs is 1. The van der Waals surface area contributed by atoms with Crippen molar-refractivity contribution in [2.24, 2.45) is 0 Å². The topological polar surface area (TPSA) is 54.3 Å². The Morgan fingerprint density at radius 1 is 1.17 bits per heavy atom. The van der Waals surface area contributed by atoms with Gasteiger partial charge in [0, 0.05) is 35.8 Å². The number of aromatic nitrogens is 1. The lowest BCUT2D eigenvalue weighted by Crippen LogP contribution is -2.53. The number of hydrogen-bond acceptors (Lipinski definition) is 3. The minimum absolute atomic E-state index is 0.111. The molecule has 1 aliphatic heterocycles. The second kappa shape index (κ2) is 5.96. The largest absolute Gasteiger partial charge is 0.347 e. The predicted molar refractivity (Wildman–Crippen MR) is 93.7 cm³/mol. The zero-order chi connectivity index (χ0) is 16.6. The highest BCUT2D eigenvalue weighted by Gasteiger charge is 2.32. The van der Waals surface area contributed by atoms with E-state index in [2.05, 4.69) is 16.8 Å². The lowest BCUT2D eigenvalue weighted by atomic mass is 10.1. The molecule has 1 aliphatic rings. The van der Waals surface area contributed by atoms with Crippen LogP contribution in [-0.2, 0) is 16.1 Å². The van der Waals surface area contributed by atoms with E-state index in [1.54, 1.807) is 6.08 Å². The third-order valence-corrected chi connectivity index (χ3v) is 4.28. The lowest BCUT2D eigenvalue weighted by molar-refractivity contribution is -0.128. The molecule has 1 saturated heterocycles. The van der Waals surface area contributed by atoms with Crippen molar-refractivity contribution in [3.8, 4) is 0 Å². The van der Waals surface area contributed by atoms with Gasteiger partial charge in [-0.25, -0.2) is 0 Å². The van der Waals surface area contributed by atoms with E-state index < -0.39 is 5.91 Å². The van der Waals surface area contributed by atoms with Crippen molar-refractivity contribution in [2.75, 3.05) is 6.54 Å². The first-order chi connectivity index (χ1) is 11.1. The summed E-state index contributed by atoms with van der Waals surface area (Å²) in [5.41, 5.74) is 2.04. The van der Waals surface area contributed by atoms with E-state index in [0.29, 0.717) is 6.54 Å². The first-order valence-corrected chi connectivity index (χ1v) is 7.94. The summed E-state index contributed by atoms with van der Waals surface area (Å²) in [4.78, 5) is 26.1. The summed E-state index contributed by atoms with van der Waals surface area (Å²) in [7, 11) is 0. The molecule has 1 fully saturated rings. The Bertz CT molecular complexity index is 851. The summed E-state index contributed by atoms with van der Waals surface area (Å²) >= 11 is 5.04. The van der Waals surface area contributed by atoms with Crippen LogP contribution in [0.15, 0.2) is 36.0 Å². The fourth-order valence-electron chi connectivity index (χ4n) is 2.79. The summed E-state index contributed by atoms with van der Waals surface area (Å²) in [5.74, 6) is -0.799. The Morgan fingerprint density at radius 3 is 2.61 bits per heavy atom. The third kappa shape index (κ3) is 2.55. The Hall–Kier alpha value is -2.47. The van der Waals surface area contributed by atoms with Crippen molar-refractivity contribution in [1.29, 1.82) is 0 Å². The van der Waals surface area contributed by atoms with Gasteiger partial charge in [-0.3, -0.25) is 19.8 Å². The Labute approximate surface area is 139 Å². The molecule has 0 bridgehead atoms. The minimum atomic E-state index is -0.446.